The molecule has 0 unspecified atom stereocenters. The molecule has 3 heterocycles. The van der Waals surface area contributed by atoms with E-state index < -0.39 is 0 Å². The van der Waals surface area contributed by atoms with Crippen molar-refractivity contribution in [2.75, 3.05) is 0 Å². The van der Waals surface area contributed by atoms with Crippen molar-refractivity contribution in [2.45, 2.75) is 0 Å². The van der Waals surface area contributed by atoms with Gasteiger partial charge in [0.25, 0.3) is 5.95 Å². The van der Waals surface area contributed by atoms with Crippen LogP contribution < -0.4 is 0 Å². The topological polar surface area (TPSA) is 69.2 Å². The molecule has 0 radical (unpaired) electrons. The Bertz CT molecular complexity index is 744. The normalized spacial score (nSPS) is 11.0. The highest BCUT2D eigenvalue weighted by Crippen LogP contribution is 2.17. The largest absolute Gasteiger partial charge is 0.301 e. The van der Waals surface area contributed by atoms with Crippen molar-refractivity contribution in [3.8, 4) is 17.3 Å². The van der Waals surface area contributed by atoms with Crippen molar-refractivity contribution in [3.05, 3.63) is 29.3 Å². The van der Waals surface area contributed by atoms with Crippen LogP contribution in [0.15, 0.2) is 24.7 Å². The third-order valence-corrected chi connectivity index (χ3v) is 3.01. The number of aryl methyl sites for hydroxylation is 2. The Labute approximate surface area is 108 Å². The molecule has 0 aliphatic carbocycles. The van der Waals surface area contributed by atoms with Crippen molar-refractivity contribution in [1.82, 2.24) is 34.3 Å². The fourth-order valence-corrected chi connectivity index (χ4v) is 2.04. The van der Waals surface area contributed by atoms with Crippen LogP contribution in [-0.4, -0.2) is 34.3 Å². The molecule has 92 valence electrons. The van der Waals surface area contributed by atoms with E-state index in [4.69, 9.17) is 12.2 Å². The molecule has 3 aromatic heterocycles. The lowest BCUT2D eigenvalue weighted by Crippen LogP contribution is -2.05. The van der Waals surface area contributed by atoms with Crippen LogP contribution >= 0.6 is 12.2 Å². The number of H-pyrrole nitrogens is 1. The van der Waals surface area contributed by atoms with Crippen LogP contribution in [-0.2, 0) is 14.1 Å². The van der Waals surface area contributed by atoms with Crippen molar-refractivity contribution < 1.29 is 0 Å². The van der Waals surface area contributed by atoms with Gasteiger partial charge in [0.1, 0.15) is 11.0 Å². The lowest BCUT2D eigenvalue weighted by atomic mass is 10.3. The maximum absolute atomic E-state index is 5.32. The summed E-state index contributed by atoms with van der Waals surface area (Å²) in [6.07, 6.45) is 3.37. The molecular formula is C10H11N7S. The molecular weight excluding hydrogens is 250 g/mol. The molecule has 0 saturated carbocycles. The van der Waals surface area contributed by atoms with Gasteiger partial charge in [0.15, 0.2) is 0 Å². The van der Waals surface area contributed by atoms with E-state index in [1.807, 2.05) is 26.2 Å². The Hall–Kier alpha value is -2.22. The summed E-state index contributed by atoms with van der Waals surface area (Å²) in [4.78, 5) is 0. The number of hydrogen-bond donors (Lipinski definition) is 1. The van der Waals surface area contributed by atoms with E-state index in [1.54, 1.807) is 26.5 Å². The summed E-state index contributed by atoms with van der Waals surface area (Å²) >= 11 is 5.32. The molecule has 0 aliphatic rings. The van der Waals surface area contributed by atoms with Crippen molar-refractivity contribution in [2.24, 2.45) is 14.1 Å². The molecule has 7 nitrogen and oxygen atoms in total. The first kappa shape index (κ1) is 10.9. The van der Waals surface area contributed by atoms with E-state index >= 15 is 0 Å². The second kappa shape index (κ2) is 3.91. The van der Waals surface area contributed by atoms with Crippen LogP contribution in [0.25, 0.3) is 17.3 Å². The molecule has 0 amide bonds. The maximum atomic E-state index is 5.32. The first-order valence-corrected chi connectivity index (χ1v) is 5.72. The van der Waals surface area contributed by atoms with Gasteiger partial charge in [0.2, 0.25) is 0 Å². The van der Waals surface area contributed by atoms with Gasteiger partial charge in [0.05, 0.1) is 11.4 Å². The Kier molecular flexibility index (Phi) is 2.37. The van der Waals surface area contributed by atoms with Crippen LogP contribution in [0, 0.1) is 4.64 Å². The average Bonchev–Trinajstić information content (AvgIpc) is 3.00. The monoisotopic (exact) mass is 261 g/mol. The highest BCUT2D eigenvalue weighted by Gasteiger charge is 2.10. The van der Waals surface area contributed by atoms with Gasteiger partial charge in [-0.2, -0.15) is 5.10 Å². The Balaban J connectivity index is 2.16. The molecule has 0 saturated heterocycles. The Morgan fingerprint density at radius 1 is 1.33 bits per heavy atom. The molecule has 0 bridgehead atoms. The predicted octanol–water partition coefficient (Wildman–Crippen LogP) is 1.06. The average molecular weight is 261 g/mol. The first-order chi connectivity index (χ1) is 8.66. The number of aromatic amines is 1. The molecule has 1 N–H and O–H groups in total. The van der Waals surface area contributed by atoms with Crippen LogP contribution in [0.1, 0.15) is 0 Å². The van der Waals surface area contributed by atoms with E-state index in [9.17, 15) is 0 Å². The predicted molar refractivity (Wildman–Crippen MR) is 67.7 cm³/mol. The van der Waals surface area contributed by atoms with Gasteiger partial charge < -0.3 is 4.57 Å². The SMILES string of the molecule is Cn1cnnc1-n1[nH]c(-c2ccnn2C)cc1=S. The van der Waals surface area contributed by atoms with Gasteiger partial charge in [-0.15, -0.1) is 10.2 Å². The summed E-state index contributed by atoms with van der Waals surface area (Å²) < 4.78 is 5.92. The van der Waals surface area contributed by atoms with Crippen LogP contribution in [0.3, 0.4) is 0 Å². The van der Waals surface area contributed by atoms with E-state index in [-0.39, 0.29) is 0 Å². The molecule has 18 heavy (non-hydrogen) atoms. The van der Waals surface area contributed by atoms with Crippen LogP contribution in [0.2, 0.25) is 0 Å². The molecule has 0 aromatic carbocycles. The van der Waals surface area contributed by atoms with E-state index in [0.717, 1.165) is 11.4 Å². The van der Waals surface area contributed by atoms with Crippen molar-refractivity contribution in [3.63, 3.8) is 0 Å². The van der Waals surface area contributed by atoms with E-state index in [2.05, 4.69) is 20.4 Å². The van der Waals surface area contributed by atoms with Gasteiger partial charge in [-0.25, -0.2) is 4.68 Å². The zero-order valence-electron chi connectivity index (χ0n) is 9.90. The molecule has 0 aliphatic heterocycles. The minimum absolute atomic E-state index is 0.641. The molecule has 8 heteroatoms. The number of nitrogens with zero attached hydrogens (tertiary/aromatic N) is 6. The summed E-state index contributed by atoms with van der Waals surface area (Å²) in [5.41, 5.74) is 1.85. The molecule has 0 fully saturated rings. The summed E-state index contributed by atoms with van der Waals surface area (Å²) in [6.45, 7) is 0. The van der Waals surface area contributed by atoms with E-state index in [1.165, 1.54) is 0 Å². The number of nitrogens with one attached hydrogen (secondary N) is 1. The van der Waals surface area contributed by atoms with Gasteiger partial charge in [0, 0.05) is 26.4 Å². The van der Waals surface area contributed by atoms with Crippen LogP contribution in [0.4, 0.5) is 0 Å². The van der Waals surface area contributed by atoms with E-state index in [0.29, 0.717) is 10.6 Å². The highest BCUT2D eigenvalue weighted by atomic mass is 32.1. The Morgan fingerprint density at radius 3 is 2.78 bits per heavy atom. The van der Waals surface area contributed by atoms with Gasteiger partial charge in [-0.1, -0.05) is 12.2 Å². The first-order valence-electron chi connectivity index (χ1n) is 5.31. The van der Waals surface area contributed by atoms with Gasteiger partial charge in [-0.3, -0.25) is 9.78 Å². The van der Waals surface area contributed by atoms with Crippen molar-refractivity contribution in [1.29, 1.82) is 0 Å². The number of aromatic nitrogens is 7. The Morgan fingerprint density at radius 2 is 2.17 bits per heavy atom. The highest BCUT2D eigenvalue weighted by molar-refractivity contribution is 7.71. The molecule has 0 spiro atoms. The fraction of sp³-hybridized carbons (Fsp3) is 0.200. The lowest BCUT2D eigenvalue weighted by molar-refractivity contribution is 0.735. The molecule has 0 atom stereocenters. The second-order valence-corrected chi connectivity index (χ2v) is 4.34. The van der Waals surface area contributed by atoms with Crippen LogP contribution in [0.5, 0.6) is 0 Å². The molecule has 3 rings (SSSR count). The van der Waals surface area contributed by atoms with Crippen molar-refractivity contribution >= 4 is 12.2 Å². The zero-order chi connectivity index (χ0) is 12.7. The minimum Gasteiger partial charge on any atom is -0.301 e. The summed E-state index contributed by atoms with van der Waals surface area (Å²) in [5.74, 6) is 0.647. The van der Waals surface area contributed by atoms with Gasteiger partial charge >= 0.3 is 0 Å². The fourth-order valence-electron chi connectivity index (χ4n) is 1.79. The molecule has 3 aromatic rings. The standard InChI is InChI=1S/C10H11N7S/c1-15-6-11-13-10(15)17-9(18)5-7(14-17)8-3-4-12-16(8)2/h3-6,14H,1-2H3. The summed E-state index contributed by atoms with van der Waals surface area (Å²) in [7, 11) is 3.74. The quantitative estimate of drug-likeness (QED) is 0.700. The zero-order valence-corrected chi connectivity index (χ0v) is 10.7. The third-order valence-electron chi connectivity index (χ3n) is 2.70. The minimum atomic E-state index is 0.641. The summed E-state index contributed by atoms with van der Waals surface area (Å²) in [6, 6.07) is 3.79. The third kappa shape index (κ3) is 1.58. The maximum Gasteiger partial charge on any atom is 0.251 e. The number of rotatable bonds is 2. The van der Waals surface area contributed by atoms with Gasteiger partial charge in [-0.05, 0) is 6.07 Å². The summed E-state index contributed by atoms with van der Waals surface area (Å²) in [5, 5.41) is 15.2. The smallest absolute Gasteiger partial charge is 0.251 e. The second-order valence-electron chi connectivity index (χ2n) is 3.93. The lowest BCUT2D eigenvalue weighted by Gasteiger charge is -2.01. The number of hydrogen-bond acceptors (Lipinski definition) is 4.